The highest BCUT2D eigenvalue weighted by molar-refractivity contribution is 6.31. The van der Waals surface area contributed by atoms with Crippen molar-refractivity contribution in [1.82, 2.24) is 20.2 Å². The van der Waals surface area contributed by atoms with Gasteiger partial charge in [0.15, 0.2) is 0 Å². The maximum absolute atomic E-state index is 13.3. The molecule has 2 aromatic rings. The summed E-state index contributed by atoms with van der Waals surface area (Å²) in [6, 6.07) is 3.24. The Morgan fingerprint density at radius 3 is 2.91 bits per heavy atom. The van der Waals surface area contributed by atoms with Crippen LogP contribution in [0.3, 0.4) is 0 Å². The van der Waals surface area contributed by atoms with E-state index in [9.17, 15) is 27.2 Å². The summed E-state index contributed by atoms with van der Waals surface area (Å²) in [7, 11) is 0. The van der Waals surface area contributed by atoms with Gasteiger partial charge in [-0.2, -0.15) is 5.10 Å². The van der Waals surface area contributed by atoms with E-state index in [1.165, 1.54) is 21.7 Å². The molecule has 0 aliphatic carbocycles. The van der Waals surface area contributed by atoms with Crippen LogP contribution in [0.1, 0.15) is 21.7 Å². The Kier molecular flexibility index (Phi) is 5.97. The highest BCUT2D eigenvalue weighted by Crippen LogP contribution is 2.26. The van der Waals surface area contributed by atoms with Gasteiger partial charge in [0.05, 0.1) is 30.4 Å². The first-order chi connectivity index (χ1) is 15.1. The number of urea groups is 1. The average molecular weight is 478 g/mol. The van der Waals surface area contributed by atoms with E-state index in [-0.39, 0.29) is 30.4 Å². The number of anilines is 1. The lowest BCUT2D eigenvalue weighted by atomic mass is 10.1. The van der Waals surface area contributed by atoms with Crippen molar-refractivity contribution in [1.29, 1.82) is 0 Å². The van der Waals surface area contributed by atoms with E-state index < -0.39 is 36.8 Å². The van der Waals surface area contributed by atoms with E-state index in [1.54, 1.807) is 0 Å². The van der Waals surface area contributed by atoms with E-state index >= 15 is 0 Å². The fourth-order valence-electron chi connectivity index (χ4n) is 3.45. The Morgan fingerprint density at radius 1 is 1.41 bits per heavy atom. The minimum Gasteiger partial charge on any atom is -0.320 e. The molecule has 14 heteroatoms. The number of ether oxygens (including phenoxy) is 1. The van der Waals surface area contributed by atoms with Crippen molar-refractivity contribution in [2.75, 3.05) is 18.5 Å². The summed E-state index contributed by atoms with van der Waals surface area (Å²) < 4.78 is 55.3. The summed E-state index contributed by atoms with van der Waals surface area (Å²) in [5, 5.41) is 6.77. The van der Waals surface area contributed by atoms with Crippen LogP contribution in [0, 0.1) is 5.82 Å². The van der Waals surface area contributed by atoms with Crippen LogP contribution >= 0.6 is 11.6 Å². The highest BCUT2D eigenvalue weighted by Gasteiger charge is 2.35. The third-order valence-electron chi connectivity index (χ3n) is 4.90. The Balaban J connectivity index is 1.49. The molecular weight excluding hydrogens is 462 g/mol. The van der Waals surface area contributed by atoms with E-state index in [4.69, 9.17) is 16.4 Å². The molecular formula is C18H16ClF4N5O4. The number of amides is 3. The summed E-state index contributed by atoms with van der Waals surface area (Å²) in [5.74, 6) is -1.32. The summed E-state index contributed by atoms with van der Waals surface area (Å²) in [6.07, 6.45) is -5.63. The molecule has 2 aliphatic rings. The van der Waals surface area contributed by atoms with Gasteiger partial charge < -0.3 is 10.2 Å². The van der Waals surface area contributed by atoms with Gasteiger partial charge in [0.1, 0.15) is 17.6 Å². The maximum atomic E-state index is 13.3. The number of nitrogens with one attached hydrogen (secondary N) is 2. The monoisotopic (exact) mass is 477 g/mol. The predicted molar refractivity (Wildman–Crippen MR) is 101 cm³/mol. The SMILES string of the molecule is O=C1NOC(COC(F)(F)F)Cn2nc3c(c21)CN(C(=O)Nc1ccc(F)c(Cl)c1)CC3. The standard InChI is InChI=1S/C18H16ClF4N5O4/c19-12-5-9(1-2-13(12)20)24-17(30)27-4-3-14-11(7-27)15-16(29)26-32-10(6-28(15)25-14)8-31-18(21,22)23/h1-2,5,10H,3-4,6-8H2,(H,24,30)(H,26,29). The van der Waals surface area contributed by atoms with Crippen molar-refractivity contribution in [3.63, 3.8) is 0 Å². The molecule has 0 saturated carbocycles. The van der Waals surface area contributed by atoms with Gasteiger partial charge >= 0.3 is 12.4 Å². The second-order valence-corrected chi connectivity index (χ2v) is 7.52. The molecule has 172 valence electrons. The lowest BCUT2D eigenvalue weighted by molar-refractivity contribution is -0.333. The quantitative estimate of drug-likeness (QED) is 0.663. The molecule has 1 atom stereocenters. The van der Waals surface area contributed by atoms with Crippen LogP contribution in [0.4, 0.5) is 28.0 Å². The summed E-state index contributed by atoms with van der Waals surface area (Å²) in [4.78, 5) is 31.6. The number of carbonyl (C=O) groups is 2. The molecule has 9 nitrogen and oxygen atoms in total. The van der Waals surface area contributed by atoms with E-state index in [0.717, 1.165) is 6.07 Å². The van der Waals surface area contributed by atoms with Crippen LogP contribution in [0.5, 0.6) is 0 Å². The molecule has 0 saturated heterocycles. The normalized spacial score (nSPS) is 18.5. The Hall–Kier alpha value is -2.90. The zero-order valence-electron chi connectivity index (χ0n) is 16.2. The molecule has 1 aromatic heterocycles. The van der Waals surface area contributed by atoms with Crippen molar-refractivity contribution < 1.29 is 36.7 Å². The second kappa shape index (κ2) is 8.56. The number of nitrogens with zero attached hydrogens (tertiary/aromatic N) is 3. The van der Waals surface area contributed by atoms with Gasteiger partial charge in [-0.1, -0.05) is 11.6 Å². The summed E-state index contributed by atoms with van der Waals surface area (Å²) >= 11 is 5.73. The number of hydrogen-bond acceptors (Lipinski definition) is 5. The Labute approximate surface area is 183 Å². The number of rotatable bonds is 3. The average Bonchev–Trinajstić information content (AvgIpc) is 3.00. The van der Waals surface area contributed by atoms with Gasteiger partial charge in [-0.05, 0) is 18.2 Å². The molecule has 32 heavy (non-hydrogen) atoms. The highest BCUT2D eigenvalue weighted by atomic mass is 35.5. The number of carbonyl (C=O) groups excluding carboxylic acids is 2. The van der Waals surface area contributed by atoms with Gasteiger partial charge in [-0.25, -0.2) is 14.7 Å². The molecule has 0 radical (unpaired) electrons. The molecule has 3 amide bonds. The Bertz CT molecular complexity index is 1060. The van der Waals surface area contributed by atoms with Crippen LogP contribution in [-0.4, -0.2) is 52.2 Å². The largest absolute Gasteiger partial charge is 0.522 e. The zero-order valence-corrected chi connectivity index (χ0v) is 17.0. The molecule has 1 aromatic carbocycles. The number of hydrogen-bond donors (Lipinski definition) is 2. The number of halogens is 5. The van der Waals surface area contributed by atoms with Crippen molar-refractivity contribution >= 4 is 29.2 Å². The first kappa shape index (κ1) is 22.3. The van der Waals surface area contributed by atoms with Crippen LogP contribution < -0.4 is 10.8 Å². The van der Waals surface area contributed by atoms with E-state index in [1.807, 2.05) is 0 Å². The van der Waals surface area contributed by atoms with Gasteiger partial charge in [0, 0.05) is 24.2 Å². The molecule has 2 aliphatic heterocycles. The number of aromatic nitrogens is 2. The third-order valence-corrected chi connectivity index (χ3v) is 5.19. The molecule has 0 fully saturated rings. The first-order valence-electron chi connectivity index (χ1n) is 9.37. The van der Waals surface area contributed by atoms with Crippen molar-refractivity contribution in [3.8, 4) is 0 Å². The summed E-state index contributed by atoms with van der Waals surface area (Å²) in [6.45, 7) is -0.675. The molecule has 0 spiro atoms. The zero-order chi connectivity index (χ0) is 23.0. The van der Waals surface area contributed by atoms with Crippen molar-refractivity contribution in [2.45, 2.75) is 32.0 Å². The van der Waals surface area contributed by atoms with Gasteiger partial charge in [0.25, 0.3) is 5.91 Å². The maximum Gasteiger partial charge on any atom is 0.522 e. The number of alkyl halides is 3. The fraction of sp³-hybridized carbons (Fsp3) is 0.389. The minimum absolute atomic E-state index is 0.0303. The molecule has 0 bridgehead atoms. The lowest BCUT2D eigenvalue weighted by Gasteiger charge is -2.27. The summed E-state index contributed by atoms with van der Waals surface area (Å²) in [5.41, 5.74) is 3.51. The molecule has 3 heterocycles. The van der Waals surface area contributed by atoms with Crippen LogP contribution in [0.25, 0.3) is 0 Å². The fourth-order valence-corrected chi connectivity index (χ4v) is 3.63. The molecule has 4 rings (SSSR count). The van der Waals surface area contributed by atoms with Crippen LogP contribution in [0.15, 0.2) is 18.2 Å². The minimum atomic E-state index is -4.84. The molecule has 2 N–H and O–H groups in total. The van der Waals surface area contributed by atoms with Gasteiger partial charge in [0.2, 0.25) is 0 Å². The van der Waals surface area contributed by atoms with Crippen LogP contribution in [-0.2, 0) is 29.1 Å². The lowest BCUT2D eigenvalue weighted by Crippen LogP contribution is -2.39. The van der Waals surface area contributed by atoms with Crippen molar-refractivity contribution in [3.05, 3.63) is 46.0 Å². The smallest absolute Gasteiger partial charge is 0.320 e. The topological polar surface area (TPSA) is 97.7 Å². The number of benzene rings is 1. The number of fused-ring (bicyclic) bond motifs is 3. The third kappa shape index (κ3) is 4.79. The number of hydroxylamine groups is 1. The second-order valence-electron chi connectivity index (χ2n) is 7.11. The predicted octanol–water partition coefficient (Wildman–Crippen LogP) is 2.85. The van der Waals surface area contributed by atoms with Crippen LogP contribution in [0.2, 0.25) is 5.02 Å². The van der Waals surface area contributed by atoms with E-state index in [2.05, 4.69) is 20.6 Å². The molecule has 1 unspecified atom stereocenters. The van der Waals surface area contributed by atoms with E-state index in [0.29, 0.717) is 23.4 Å². The van der Waals surface area contributed by atoms with Crippen molar-refractivity contribution in [2.24, 2.45) is 0 Å². The van der Waals surface area contributed by atoms with Gasteiger partial charge in [-0.3, -0.25) is 19.1 Å². The Morgan fingerprint density at radius 2 is 2.19 bits per heavy atom. The first-order valence-corrected chi connectivity index (χ1v) is 9.74. The van der Waals surface area contributed by atoms with Gasteiger partial charge in [-0.15, -0.1) is 13.2 Å².